The van der Waals surface area contributed by atoms with Gasteiger partial charge in [-0.05, 0) is 57.8 Å². The summed E-state index contributed by atoms with van der Waals surface area (Å²) in [7, 11) is 0. The molecule has 1 aromatic carbocycles. The first-order valence-electron chi connectivity index (χ1n) is 6.48. The van der Waals surface area contributed by atoms with Gasteiger partial charge in [-0.25, -0.2) is 0 Å². The van der Waals surface area contributed by atoms with Gasteiger partial charge in [-0.15, -0.1) is 0 Å². The van der Waals surface area contributed by atoms with Crippen LogP contribution in [0.25, 0.3) is 0 Å². The first-order chi connectivity index (χ1) is 7.97. The summed E-state index contributed by atoms with van der Waals surface area (Å²) in [5.74, 6) is 0. The predicted octanol–water partition coefficient (Wildman–Crippen LogP) is 2.90. The average molecular weight is 235 g/mol. The maximum absolute atomic E-state index is 10.5. The summed E-state index contributed by atoms with van der Waals surface area (Å²) >= 11 is 0. The molecule has 0 radical (unpaired) electrons. The van der Waals surface area contributed by atoms with Crippen molar-refractivity contribution in [2.24, 2.45) is 0 Å². The molecule has 0 fully saturated rings. The van der Waals surface area contributed by atoms with Crippen LogP contribution in [-0.4, -0.2) is 18.2 Å². The quantitative estimate of drug-likeness (QED) is 0.743. The van der Waals surface area contributed by atoms with E-state index < -0.39 is 5.60 Å². The number of benzene rings is 1. The minimum Gasteiger partial charge on any atom is -0.385 e. The Kier molecular flexibility index (Phi) is 5.16. The summed E-state index contributed by atoms with van der Waals surface area (Å²) in [6, 6.07) is 6.24. The third-order valence-electron chi connectivity index (χ3n) is 3.18. The van der Waals surface area contributed by atoms with Crippen LogP contribution in [0.15, 0.2) is 18.2 Å². The van der Waals surface area contributed by atoms with Gasteiger partial charge in [0.1, 0.15) is 0 Å². The predicted molar refractivity (Wildman–Crippen MR) is 73.3 cm³/mol. The van der Waals surface area contributed by atoms with Crippen molar-refractivity contribution < 1.29 is 5.11 Å². The van der Waals surface area contributed by atoms with Crippen LogP contribution >= 0.6 is 0 Å². The van der Waals surface area contributed by atoms with Crippen molar-refractivity contribution in [1.29, 1.82) is 0 Å². The molecule has 0 heterocycles. The highest BCUT2D eigenvalue weighted by molar-refractivity contribution is 5.34. The molecule has 17 heavy (non-hydrogen) atoms. The Bertz CT molecular complexity index is 358. The second-order valence-electron chi connectivity index (χ2n) is 5.09. The Labute approximate surface area is 105 Å². The third-order valence-corrected chi connectivity index (χ3v) is 3.18. The lowest BCUT2D eigenvalue weighted by Crippen LogP contribution is -2.29. The van der Waals surface area contributed by atoms with Crippen LogP contribution in [0.3, 0.4) is 0 Å². The monoisotopic (exact) mass is 235 g/mol. The van der Waals surface area contributed by atoms with Gasteiger partial charge in [0.25, 0.3) is 0 Å². The largest absolute Gasteiger partial charge is 0.385 e. The molecule has 0 saturated carbocycles. The van der Waals surface area contributed by atoms with E-state index in [9.17, 15) is 5.11 Å². The lowest BCUT2D eigenvalue weighted by Gasteiger charge is -2.26. The van der Waals surface area contributed by atoms with Gasteiger partial charge in [0.2, 0.25) is 0 Å². The van der Waals surface area contributed by atoms with Gasteiger partial charge in [-0.3, -0.25) is 0 Å². The zero-order chi connectivity index (χ0) is 12.9. The van der Waals surface area contributed by atoms with Crippen molar-refractivity contribution in [2.75, 3.05) is 13.1 Å². The molecule has 0 saturated heterocycles. The molecule has 2 N–H and O–H groups in total. The Morgan fingerprint density at radius 2 is 1.94 bits per heavy atom. The fourth-order valence-corrected chi connectivity index (χ4v) is 2.19. The zero-order valence-corrected chi connectivity index (χ0v) is 11.5. The molecule has 0 aliphatic rings. The molecule has 2 heteroatoms. The van der Waals surface area contributed by atoms with Gasteiger partial charge >= 0.3 is 0 Å². The third kappa shape index (κ3) is 4.14. The van der Waals surface area contributed by atoms with Crippen molar-refractivity contribution in [3.8, 4) is 0 Å². The van der Waals surface area contributed by atoms with Crippen LogP contribution in [0.1, 0.15) is 43.4 Å². The molecule has 0 aromatic heterocycles. The Morgan fingerprint density at radius 1 is 1.24 bits per heavy atom. The molecular weight excluding hydrogens is 210 g/mol. The lowest BCUT2D eigenvalue weighted by atomic mass is 9.88. The Morgan fingerprint density at radius 3 is 2.53 bits per heavy atom. The Balaban J connectivity index is 2.68. The molecule has 1 rings (SSSR count). The maximum Gasteiger partial charge on any atom is 0.0883 e. The minimum atomic E-state index is -0.738. The van der Waals surface area contributed by atoms with Crippen molar-refractivity contribution in [3.05, 3.63) is 34.9 Å². The molecule has 0 aliphatic carbocycles. The van der Waals surface area contributed by atoms with Crippen LogP contribution < -0.4 is 5.32 Å². The summed E-state index contributed by atoms with van der Waals surface area (Å²) < 4.78 is 0. The highest BCUT2D eigenvalue weighted by Crippen LogP contribution is 2.27. The molecule has 0 amide bonds. The smallest absolute Gasteiger partial charge is 0.0883 e. The van der Waals surface area contributed by atoms with E-state index in [1.165, 1.54) is 11.1 Å². The number of hydrogen-bond donors (Lipinski definition) is 2. The van der Waals surface area contributed by atoms with E-state index in [1.807, 2.05) is 13.0 Å². The highest BCUT2D eigenvalue weighted by atomic mass is 16.3. The summed E-state index contributed by atoms with van der Waals surface area (Å²) in [6.07, 6.45) is 1.88. The average Bonchev–Trinajstić information content (AvgIpc) is 2.24. The molecule has 1 aromatic rings. The van der Waals surface area contributed by atoms with Crippen molar-refractivity contribution in [2.45, 2.75) is 46.1 Å². The molecule has 0 bridgehead atoms. The van der Waals surface area contributed by atoms with Crippen molar-refractivity contribution in [1.82, 2.24) is 5.32 Å². The first kappa shape index (κ1) is 14.2. The molecule has 2 nitrogen and oxygen atoms in total. The van der Waals surface area contributed by atoms with Crippen molar-refractivity contribution >= 4 is 0 Å². The first-order valence-corrected chi connectivity index (χ1v) is 6.48. The number of aryl methyl sites for hydroxylation is 2. The zero-order valence-electron chi connectivity index (χ0n) is 11.5. The fraction of sp³-hybridized carbons (Fsp3) is 0.600. The van der Waals surface area contributed by atoms with E-state index in [2.05, 4.69) is 38.2 Å². The van der Waals surface area contributed by atoms with Gasteiger partial charge in [0.15, 0.2) is 0 Å². The highest BCUT2D eigenvalue weighted by Gasteiger charge is 2.24. The van der Waals surface area contributed by atoms with Gasteiger partial charge in [-0.1, -0.05) is 30.7 Å². The number of hydrogen-bond acceptors (Lipinski definition) is 2. The summed E-state index contributed by atoms with van der Waals surface area (Å²) in [6.45, 7) is 10.1. The van der Waals surface area contributed by atoms with E-state index in [-0.39, 0.29) is 0 Å². The molecular formula is C15H25NO. The summed E-state index contributed by atoms with van der Waals surface area (Å²) in [4.78, 5) is 0. The fourth-order valence-electron chi connectivity index (χ4n) is 2.19. The summed E-state index contributed by atoms with van der Waals surface area (Å²) in [5, 5.41) is 13.8. The van der Waals surface area contributed by atoms with E-state index in [0.29, 0.717) is 0 Å². The van der Waals surface area contributed by atoms with Gasteiger partial charge < -0.3 is 10.4 Å². The second kappa shape index (κ2) is 6.18. The van der Waals surface area contributed by atoms with Gasteiger partial charge in [-0.2, -0.15) is 0 Å². The van der Waals surface area contributed by atoms with E-state index >= 15 is 0 Å². The van der Waals surface area contributed by atoms with Crippen LogP contribution in [0, 0.1) is 13.8 Å². The van der Waals surface area contributed by atoms with E-state index in [1.54, 1.807) is 0 Å². The molecule has 0 aliphatic heterocycles. The van der Waals surface area contributed by atoms with Crippen LogP contribution in [0.4, 0.5) is 0 Å². The van der Waals surface area contributed by atoms with E-state index in [0.717, 1.165) is 31.5 Å². The normalized spacial score (nSPS) is 14.6. The van der Waals surface area contributed by atoms with Crippen LogP contribution in [-0.2, 0) is 5.60 Å². The van der Waals surface area contributed by atoms with Gasteiger partial charge in [0, 0.05) is 0 Å². The number of aliphatic hydroxyl groups is 1. The topological polar surface area (TPSA) is 32.3 Å². The van der Waals surface area contributed by atoms with Crippen molar-refractivity contribution in [3.63, 3.8) is 0 Å². The minimum absolute atomic E-state index is 0.738. The molecule has 0 spiro atoms. The van der Waals surface area contributed by atoms with Crippen LogP contribution in [0.5, 0.6) is 0 Å². The van der Waals surface area contributed by atoms with Crippen LogP contribution in [0.2, 0.25) is 0 Å². The van der Waals surface area contributed by atoms with Gasteiger partial charge in [0.05, 0.1) is 5.60 Å². The molecule has 1 atom stereocenters. The Hall–Kier alpha value is -0.860. The van der Waals surface area contributed by atoms with E-state index in [4.69, 9.17) is 0 Å². The SMILES string of the molecule is CCCNCCC(C)(O)c1ccc(C)cc1C. The number of nitrogens with one attached hydrogen (secondary N) is 1. The standard InChI is InChI=1S/C15H25NO/c1-5-9-16-10-8-15(4,17)14-7-6-12(2)11-13(14)3/h6-7,11,16-17H,5,8-10H2,1-4H3. The number of rotatable bonds is 6. The molecule has 1 unspecified atom stereocenters. The molecule has 96 valence electrons. The second-order valence-corrected chi connectivity index (χ2v) is 5.09. The summed E-state index contributed by atoms with van der Waals surface area (Å²) in [5.41, 5.74) is 2.72. The maximum atomic E-state index is 10.5. The lowest BCUT2D eigenvalue weighted by molar-refractivity contribution is 0.0474.